The van der Waals surface area contributed by atoms with Crippen LogP contribution in [0.15, 0.2) is 0 Å². The molecule has 7 heteroatoms. The number of hydrogen-bond acceptors (Lipinski definition) is 4. The van der Waals surface area contributed by atoms with Crippen LogP contribution in [0.5, 0.6) is 0 Å². The summed E-state index contributed by atoms with van der Waals surface area (Å²) in [5, 5.41) is 12.2. The highest BCUT2D eigenvalue weighted by Gasteiger charge is 2.52. The van der Waals surface area contributed by atoms with E-state index >= 15 is 0 Å². The highest BCUT2D eigenvalue weighted by atomic mass is 16.5. The van der Waals surface area contributed by atoms with Crippen molar-refractivity contribution in [2.45, 2.75) is 37.6 Å². The number of hydrogen-bond donors (Lipinski definition) is 2. The number of ether oxygens (including phenoxy) is 1. The Labute approximate surface area is 129 Å². The van der Waals surface area contributed by atoms with Gasteiger partial charge in [-0.05, 0) is 25.7 Å². The van der Waals surface area contributed by atoms with Gasteiger partial charge in [0.2, 0.25) is 11.8 Å². The number of carboxylic acids is 1. The fraction of sp³-hybridized carbons (Fsp3) is 0.800. The Morgan fingerprint density at radius 3 is 2.45 bits per heavy atom. The van der Waals surface area contributed by atoms with Gasteiger partial charge in [0.15, 0.2) is 0 Å². The Hall–Kier alpha value is -1.63. The molecule has 0 radical (unpaired) electrons. The van der Waals surface area contributed by atoms with Crippen LogP contribution in [0.2, 0.25) is 0 Å². The molecule has 1 atom stereocenters. The van der Waals surface area contributed by atoms with Crippen LogP contribution in [-0.4, -0.2) is 59.6 Å². The minimum Gasteiger partial charge on any atom is -0.481 e. The average Bonchev–Trinajstić information content (AvgIpc) is 2.85. The quantitative estimate of drug-likeness (QED) is 0.748. The fourth-order valence-electron chi connectivity index (χ4n) is 3.92. The maximum Gasteiger partial charge on any atom is 0.309 e. The van der Waals surface area contributed by atoms with Crippen LogP contribution >= 0.6 is 0 Å². The second-order valence-electron chi connectivity index (χ2n) is 6.51. The first-order valence-corrected chi connectivity index (χ1v) is 7.92. The predicted octanol–water partition coefficient (Wildman–Crippen LogP) is -0.00510. The Bertz CT molecular complexity index is 478. The monoisotopic (exact) mass is 310 g/mol. The van der Waals surface area contributed by atoms with Gasteiger partial charge >= 0.3 is 5.97 Å². The zero-order valence-electron chi connectivity index (χ0n) is 12.5. The van der Waals surface area contributed by atoms with Crippen molar-refractivity contribution in [2.24, 2.45) is 11.8 Å². The lowest BCUT2D eigenvalue weighted by atomic mass is 9.77. The molecule has 3 saturated heterocycles. The van der Waals surface area contributed by atoms with E-state index in [0.29, 0.717) is 39.1 Å². The van der Waals surface area contributed by atoms with E-state index in [9.17, 15) is 19.5 Å². The number of carboxylic acid groups (broad SMARTS) is 1. The Kier molecular flexibility index (Phi) is 4.08. The second kappa shape index (κ2) is 5.87. The topological polar surface area (TPSA) is 95.9 Å². The maximum atomic E-state index is 12.5. The molecule has 3 heterocycles. The van der Waals surface area contributed by atoms with Crippen LogP contribution in [0.3, 0.4) is 0 Å². The van der Waals surface area contributed by atoms with Gasteiger partial charge in [-0.1, -0.05) is 0 Å². The van der Waals surface area contributed by atoms with Crippen molar-refractivity contribution in [2.75, 3.05) is 26.3 Å². The van der Waals surface area contributed by atoms with Crippen molar-refractivity contribution in [3.05, 3.63) is 0 Å². The molecule has 0 aromatic heterocycles. The summed E-state index contributed by atoms with van der Waals surface area (Å²) in [7, 11) is 0. The number of amides is 2. The van der Waals surface area contributed by atoms with E-state index in [4.69, 9.17) is 4.74 Å². The molecule has 0 saturated carbocycles. The van der Waals surface area contributed by atoms with E-state index in [1.165, 1.54) is 0 Å². The normalized spacial score (nSPS) is 28.6. The minimum absolute atomic E-state index is 0.0243. The third-order valence-electron chi connectivity index (χ3n) is 5.28. The number of aliphatic carboxylic acids is 1. The molecule has 3 aliphatic heterocycles. The molecule has 0 bridgehead atoms. The van der Waals surface area contributed by atoms with Crippen molar-refractivity contribution < 1.29 is 24.2 Å². The lowest BCUT2D eigenvalue weighted by Crippen LogP contribution is -2.57. The first-order valence-electron chi connectivity index (χ1n) is 7.92. The largest absolute Gasteiger partial charge is 0.481 e. The van der Waals surface area contributed by atoms with Gasteiger partial charge in [0.1, 0.15) is 0 Å². The summed E-state index contributed by atoms with van der Waals surface area (Å²) < 4.78 is 5.28. The number of piperidine rings is 1. The van der Waals surface area contributed by atoms with Gasteiger partial charge in [-0.25, -0.2) is 0 Å². The van der Waals surface area contributed by atoms with Gasteiger partial charge in [-0.15, -0.1) is 0 Å². The second-order valence-corrected chi connectivity index (χ2v) is 6.51. The van der Waals surface area contributed by atoms with Gasteiger partial charge in [-0.3, -0.25) is 14.4 Å². The van der Waals surface area contributed by atoms with Crippen LogP contribution in [0.1, 0.15) is 32.1 Å². The van der Waals surface area contributed by atoms with Crippen molar-refractivity contribution in [1.82, 2.24) is 10.2 Å². The van der Waals surface area contributed by atoms with E-state index in [1.54, 1.807) is 0 Å². The van der Waals surface area contributed by atoms with Crippen molar-refractivity contribution in [3.63, 3.8) is 0 Å². The molecule has 0 aromatic rings. The van der Waals surface area contributed by atoms with Gasteiger partial charge in [0.25, 0.3) is 0 Å². The summed E-state index contributed by atoms with van der Waals surface area (Å²) in [5.74, 6) is -1.63. The zero-order valence-corrected chi connectivity index (χ0v) is 12.5. The first kappa shape index (κ1) is 15.3. The van der Waals surface area contributed by atoms with Crippen molar-refractivity contribution >= 4 is 17.8 Å². The van der Waals surface area contributed by atoms with E-state index in [1.807, 2.05) is 4.90 Å². The number of likely N-dealkylation sites (tertiary alicyclic amines) is 1. The first-order chi connectivity index (χ1) is 10.5. The Balaban J connectivity index is 1.63. The number of carbonyl (C=O) groups is 3. The van der Waals surface area contributed by atoms with E-state index in [-0.39, 0.29) is 24.2 Å². The molecule has 1 unspecified atom stereocenters. The zero-order chi connectivity index (χ0) is 15.7. The van der Waals surface area contributed by atoms with Crippen molar-refractivity contribution in [3.8, 4) is 0 Å². The lowest BCUT2D eigenvalue weighted by Gasteiger charge is -2.42. The molecule has 0 aromatic carbocycles. The van der Waals surface area contributed by atoms with Gasteiger partial charge in [-0.2, -0.15) is 0 Å². The van der Waals surface area contributed by atoms with Crippen molar-refractivity contribution in [1.29, 1.82) is 0 Å². The van der Waals surface area contributed by atoms with E-state index in [2.05, 4.69) is 5.32 Å². The molecule has 3 rings (SSSR count). The molecule has 7 nitrogen and oxygen atoms in total. The van der Waals surface area contributed by atoms with Crippen LogP contribution < -0.4 is 5.32 Å². The fourth-order valence-corrected chi connectivity index (χ4v) is 3.92. The van der Waals surface area contributed by atoms with Crippen LogP contribution in [0.25, 0.3) is 0 Å². The van der Waals surface area contributed by atoms with Gasteiger partial charge < -0.3 is 20.1 Å². The van der Waals surface area contributed by atoms with Crippen LogP contribution in [-0.2, 0) is 19.1 Å². The summed E-state index contributed by atoms with van der Waals surface area (Å²) in [6.45, 7) is 2.29. The SMILES string of the molecule is O=C1CC(C(=O)O)C2(CCN(C(=O)C3CCOCC3)CC2)N1. The van der Waals surface area contributed by atoms with Crippen LogP contribution in [0, 0.1) is 11.8 Å². The smallest absolute Gasteiger partial charge is 0.309 e. The number of carbonyl (C=O) groups excluding carboxylic acids is 2. The molecular formula is C15H22N2O5. The van der Waals surface area contributed by atoms with E-state index < -0.39 is 17.4 Å². The molecule has 2 amide bonds. The third-order valence-corrected chi connectivity index (χ3v) is 5.28. The van der Waals surface area contributed by atoms with Gasteiger partial charge in [0, 0.05) is 38.6 Å². The summed E-state index contributed by atoms with van der Waals surface area (Å²) in [6, 6.07) is 0. The summed E-state index contributed by atoms with van der Waals surface area (Å²) in [5.41, 5.74) is -0.671. The molecule has 122 valence electrons. The number of rotatable bonds is 2. The molecular weight excluding hydrogens is 288 g/mol. The van der Waals surface area contributed by atoms with E-state index in [0.717, 1.165) is 12.8 Å². The molecule has 3 fully saturated rings. The highest BCUT2D eigenvalue weighted by molar-refractivity contribution is 5.88. The summed E-state index contributed by atoms with van der Waals surface area (Å²) in [4.78, 5) is 37.3. The summed E-state index contributed by atoms with van der Waals surface area (Å²) in [6.07, 6.45) is 2.60. The number of nitrogens with zero attached hydrogens (tertiary/aromatic N) is 1. The molecule has 22 heavy (non-hydrogen) atoms. The molecule has 1 spiro atoms. The highest BCUT2D eigenvalue weighted by Crippen LogP contribution is 2.37. The Morgan fingerprint density at radius 1 is 1.23 bits per heavy atom. The molecule has 0 aliphatic carbocycles. The standard InChI is InChI=1S/C15H22N2O5/c18-12-9-11(14(20)21)15(16-12)3-5-17(6-4-15)13(19)10-1-7-22-8-2-10/h10-11H,1-9H2,(H,16,18)(H,20,21). The number of nitrogens with one attached hydrogen (secondary N) is 1. The lowest BCUT2D eigenvalue weighted by molar-refractivity contribution is -0.146. The predicted molar refractivity (Wildman–Crippen MR) is 76.0 cm³/mol. The van der Waals surface area contributed by atoms with Crippen LogP contribution in [0.4, 0.5) is 0 Å². The van der Waals surface area contributed by atoms with Gasteiger partial charge in [0.05, 0.1) is 11.5 Å². The average molecular weight is 310 g/mol. The maximum absolute atomic E-state index is 12.5. The summed E-state index contributed by atoms with van der Waals surface area (Å²) >= 11 is 0. The molecule has 2 N–H and O–H groups in total. The third kappa shape index (κ3) is 2.69. The Morgan fingerprint density at radius 2 is 1.86 bits per heavy atom. The minimum atomic E-state index is -0.928. The molecule has 3 aliphatic rings.